The Labute approximate surface area is 164 Å². The smallest absolute Gasteiger partial charge is 0.280 e. The summed E-state index contributed by atoms with van der Waals surface area (Å²) in [5, 5.41) is 9.52. The average Bonchev–Trinajstić information content (AvgIpc) is 3.26. The maximum Gasteiger partial charge on any atom is 0.280 e. The topological polar surface area (TPSA) is 118 Å². The van der Waals surface area contributed by atoms with Gasteiger partial charge in [0.2, 0.25) is 0 Å². The summed E-state index contributed by atoms with van der Waals surface area (Å²) in [4.78, 5) is 14.0. The van der Waals surface area contributed by atoms with Crippen LogP contribution in [0.25, 0.3) is 11.0 Å². The van der Waals surface area contributed by atoms with Gasteiger partial charge in [-0.2, -0.15) is 18.0 Å². The maximum absolute atomic E-state index is 12.9. The van der Waals surface area contributed by atoms with Gasteiger partial charge >= 0.3 is 0 Å². The molecule has 0 amide bonds. The summed E-state index contributed by atoms with van der Waals surface area (Å²) in [6.45, 7) is 2.11. The number of H-pyrrole nitrogens is 1. The summed E-state index contributed by atoms with van der Waals surface area (Å²) in [6.07, 6.45) is 8.07. The van der Waals surface area contributed by atoms with E-state index in [-0.39, 0.29) is 5.54 Å². The Morgan fingerprint density at radius 3 is 2.89 bits per heavy atom. The van der Waals surface area contributed by atoms with Gasteiger partial charge in [0.05, 0.1) is 17.0 Å². The highest BCUT2D eigenvalue weighted by molar-refractivity contribution is 7.87. The SMILES string of the molecule is N#CCCCCCNS(=O)(=O)N1CCN(c2ncnc3[nH]ccc23)CC12CC2. The van der Waals surface area contributed by atoms with Gasteiger partial charge in [-0.25, -0.2) is 14.7 Å². The molecule has 28 heavy (non-hydrogen) atoms. The van der Waals surface area contributed by atoms with Crippen molar-refractivity contribution in [2.24, 2.45) is 0 Å². The summed E-state index contributed by atoms with van der Waals surface area (Å²) in [7, 11) is -3.51. The van der Waals surface area contributed by atoms with E-state index in [0.29, 0.717) is 32.6 Å². The molecule has 4 rings (SSSR count). The molecule has 3 heterocycles. The number of nitrogens with one attached hydrogen (secondary N) is 2. The highest BCUT2D eigenvalue weighted by Gasteiger charge is 2.56. The van der Waals surface area contributed by atoms with Gasteiger partial charge in [0.15, 0.2) is 0 Å². The van der Waals surface area contributed by atoms with Crippen LogP contribution >= 0.6 is 0 Å². The molecule has 9 nitrogen and oxygen atoms in total. The molecule has 2 aromatic rings. The molecule has 2 fully saturated rings. The summed E-state index contributed by atoms with van der Waals surface area (Å²) in [5.74, 6) is 0.861. The van der Waals surface area contributed by atoms with E-state index < -0.39 is 10.2 Å². The van der Waals surface area contributed by atoms with E-state index in [1.54, 1.807) is 10.6 Å². The molecule has 2 aromatic heterocycles. The second-order valence-electron chi connectivity index (χ2n) is 7.52. The van der Waals surface area contributed by atoms with Crippen LogP contribution in [-0.4, -0.2) is 59.4 Å². The van der Waals surface area contributed by atoms with E-state index in [9.17, 15) is 8.42 Å². The van der Waals surface area contributed by atoms with Gasteiger partial charge in [-0.15, -0.1) is 0 Å². The third-order valence-electron chi connectivity index (χ3n) is 5.59. The number of piperazine rings is 1. The highest BCUT2D eigenvalue weighted by Crippen LogP contribution is 2.46. The minimum absolute atomic E-state index is 0.335. The van der Waals surface area contributed by atoms with Gasteiger partial charge in [0.25, 0.3) is 10.2 Å². The quantitative estimate of drug-likeness (QED) is 0.646. The lowest BCUT2D eigenvalue weighted by atomic mass is 10.2. The number of rotatable bonds is 8. The van der Waals surface area contributed by atoms with Gasteiger partial charge in [-0.3, -0.25) is 0 Å². The fraction of sp³-hybridized carbons (Fsp3) is 0.611. The second-order valence-corrected chi connectivity index (χ2v) is 9.20. The number of nitriles is 1. The minimum atomic E-state index is -3.51. The molecule has 2 aliphatic rings. The van der Waals surface area contributed by atoms with Crippen LogP contribution in [-0.2, 0) is 10.2 Å². The predicted octanol–water partition coefficient (Wildman–Crippen LogP) is 1.53. The number of unbranched alkanes of at least 4 members (excludes halogenated alkanes) is 3. The first-order chi connectivity index (χ1) is 13.6. The molecule has 150 valence electrons. The lowest BCUT2D eigenvalue weighted by Gasteiger charge is -2.41. The fourth-order valence-corrected chi connectivity index (χ4v) is 5.60. The monoisotopic (exact) mass is 403 g/mol. The molecule has 1 saturated heterocycles. The molecule has 10 heteroatoms. The Bertz CT molecular complexity index is 977. The van der Waals surface area contributed by atoms with E-state index in [4.69, 9.17) is 5.26 Å². The van der Waals surface area contributed by atoms with Gasteiger partial charge < -0.3 is 9.88 Å². The molecule has 1 saturated carbocycles. The Morgan fingerprint density at radius 1 is 1.25 bits per heavy atom. The average molecular weight is 404 g/mol. The first kappa shape index (κ1) is 19.1. The van der Waals surface area contributed by atoms with Crippen molar-refractivity contribution in [1.29, 1.82) is 5.26 Å². The Balaban J connectivity index is 1.41. The molecule has 1 aliphatic heterocycles. The number of fused-ring (bicyclic) bond motifs is 1. The van der Waals surface area contributed by atoms with Crippen LogP contribution in [0.5, 0.6) is 0 Å². The van der Waals surface area contributed by atoms with Crippen molar-refractivity contribution in [2.45, 2.75) is 44.1 Å². The van der Waals surface area contributed by atoms with Crippen molar-refractivity contribution < 1.29 is 8.42 Å². The summed E-state index contributed by atoms with van der Waals surface area (Å²) in [6, 6.07) is 4.07. The number of anilines is 1. The Morgan fingerprint density at radius 2 is 2.11 bits per heavy atom. The maximum atomic E-state index is 12.9. The van der Waals surface area contributed by atoms with Crippen molar-refractivity contribution in [1.82, 2.24) is 24.0 Å². The molecular formula is C18H25N7O2S. The van der Waals surface area contributed by atoms with Crippen molar-refractivity contribution in [3.05, 3.63) is 18.6 Å². The van der Waals surface area contributed by atoms with Gasteiger partial charge in [-0.1, -0.05) is 6.42 Å². The first-order valence-electron chi connectivity index (χ1n) is 9.73. The van der Waals surface area contributed by atoms with Gasteiger partial charge in [0, 0.05) is 38.8 Å². The Hall–Kier alpha value is -2.22. The van der Waals surface area contributed by atoms with Crippen molar-refractivity contribution in [3.63, 3.8) is 0 Å². The van der Waals surface area contributed by atoms with E-state index >= 15 is 0 Å². The van der Waals surface area contributed by atoms with Crippen molar-refractivity contribution in [2.75, 3.05) is 31.1 Å². The van der Waals surface area contributed by atoms with Gasteiger partial charge in [0.1, 0.15) is 17.8 Å². The molecule has 0 bridgehead atoms. The van der Waals surface area contributed by atoms with E-state index in [2.05, 4.69) is 30.6 Å². The van der Waals surface area contributed by atoms with E-state index in [0.717, 1.165) is 49.0 Å². The Kier molecular flexibility index (Phi) is 5.23. The van der Waals surface area contributed by atoms with E-state index in [1.165, 1.54) is 0 Å². The predicted molar refractivity (Wildman–Crippen MR) is 106 cm³/mol. The highest BCUT2D eigenvalue weighted by atomic mass is 32.2. The summed E-state index contributed by atoms with van der Waals surface area (Å²) < 4.78 is 30.1. The van der Waals surface area contributed by atoms with E-state index in [1.807, 2.05) is 12.3 Å². The second kappa shape index (κ2) is 7.66. The lowest BCUT2D eigenvalue weighted by Crippen LogP contribution is -2.59. The molecule has 0 atom stereocenters. The van der Waals surface area contributed by atoms with Crippen LogP contribution in [0.15, 0.2) is 18.6 Å². The van der Waals surface area contributed by atoms with Crippen molar-refractivity contribution >= 4 is 27.1 Å². The standard InChI is InChI=1S/C18H25N7O2S/c19-8-3-1-2-4-9-23-28(26,27)25-12-11-24(13-18(25)6-7-18)17-15-5-10-20-16(15)21-14-22-17/h5,10,14,23H,1-4,6-7,9,11-13H2,(H,20,21,22). The molecule has 1 spiro atoms. The third-order valence-corrected chi connectivity index (χ3v) is 7.31. The van der Waals surface area contributed by atoms with Crippen LogP contribution in [0.4, 0.5) is 5.82 Å². The molecule has 0 unspecified atom stereocenters. The lowest BCUT2D eigenvalue weighted by molar-refractivity contribution is 0.267. The summed E-state index contributed by atoms with van der Waals surface area (Å²) >= 11 is 0. The zero-order chi connectivity index (χ0) is 19.6. The zero-order valence-electron chi connectivity index (χ0n) is 15.8. The number of hydrogen-bond donors (Lipinski definition) is 2. The van der Waals surface area contributed by atoms with Crippen LogP contribution in [0.2, 0.25) is 0 Å². The van der Waals surface area contributed by atoms with Crippen LogP contribution in [0.1, 0.15) is 38.5 Å². The first-order valence-corrected chi connectivity index (χ1v) is 11.2. The molecule has 1 aliphatic carbocycles. The number of nitrogens with zero attached hydrogens (tertiary/aromatic N) is 5. The van der Waals surface area contributed by atoms with Crippen molar-refractivity contribution in [3.8, 4) is 6.07 Å². The largest absolute Gasteiger partial charge is 0.353 e. The van der Waals surface area contributed by atoms with Crippen LogP contribution in [0, 0.1) is 11.3 Å². The molecular weight excluding hydrogens is 378 g/mol. The third kappa shape index (κ3) is 3.70. The zero-order valence-corrected chi connectivity index (χ0v) is 16.6. The fourth-order valence-electron chi connectivity index (χ4n) is 3.97. The normalized spacial score (nSPS) is 19.2. The number of aromatic nitrogens is 3. The molecule has 0 aromatic carbocycles. The summed E-state index contributed by atoms with van der Waals surface area (Å²) in [5.41, 5.74) is 0.460. The van der Waals surface area contributed by atoms with Crippen LogP contribution < -0.4 is 9.62 Å². The molecule has 0 radical (unpaired) electrons. The number of aromatic amines is 1. The van der Waals surface area contributed by atoms with Gasteiger partial charge in [-0.05, 0) is 31.7 Å². The van der Waals surface area contributed by atoms with Crippen LogP contribution in [0.3, 0.4) is 0 Å². The molecule has 2 N–H and O–H groups in total. The number of hydrogen-bond acceptors (Lipinski definition) is 6. The minimum Gasteiger partial charge on any atom is -0.353 e.